The lowest BCUT2D eigenvalue weighted by molar-refractivity contribution is 0.0898. The smallest absolute Gasteiger partial charge is 0.265 e. The molecular weight excluding hydrogens is 416 g/mol. The highest BCUT2D eigenvalue weighted by Gasteiger charge is 2.31. The van der Waals surface area contributed by atoms with Gasteiger partial charge in [-0.2, -0.15) is 0 Å². The van der Waals surface area contributed by atoms with E-state index in [0.717, 1.165) is 36.9 Å². The van der Waals surface area contributed by atoms with Crippen LogP contribution in [0.15, 0.2) is 39.6 Å². The topological polar surface area (TPSA) is 51.1 Å². The average molecular weight is 445 g/mol. The maximum atomic E-state index is 13.4. The van der Waals surface area contributed by atoms with E-state index in [-0.39, 0.29) is 17.5 Å². The molecule has 28 heavy (non-hydrogen) atoms. The van der Waals surface area contributed by atoms with E-state index in [2.05, 4.69) is 40.3 Å². The van der Waals surface area contributed by atoms with Gasteiger partial charge in [-0.3, -0.25) is 9.59 Å². The summed E-state index contributed by atoms with van der Waals surface area (Å²) in [7, 11) is 0. The highest BCUT2D eigenvalue weighted by atomic mass is 79.9. The van der Waals surface area contributed by atoms with E-state index in [9.17, 15) is 9.59 Å². The van der Waals surface area contributed by atoms with Crippen molar-refractivity contribution in [2.75, 3.05) is 0 Å². The fourth-order valence-electron chi connectivity index (χ4n) is 3.99. The molecule has 1 atom stereocenters. The molecule has 1 fully saturated rings. The Hall–Kier alpha value is -1.88. The van der Waals surface area contributed by atoms with Crippen LogP contribution >= 0.6 is 15.9 Å². The van der Waals surface area contributed by atoms with Crippen LogP contribution in [0.4, 0.5) is 0 Å². The summed E-state index contributed by atoms with van der Waals surface area (Å²) in [5.74, 6) is 0.378. The highest BCUT2D eigenvalue weighted by Crippen LogP contribution is 2.38. The van der Waals surface area contributed by atoms with Gasteiger partial charge in [0.1, 0.15) is 0 Å². The largest absolute Gasteiger partial charge is 0.345 e. The third-order valence-electron chi connectivity index (χ3n) is 5.93. The van der Waals surface area contributed by atoms with Crippen molar-refractivity contribution in [1.29, 1.82) is 0 Å². The number of carbonyl (C=O) groups excluding carboxylic acids is 1. The van der Waals surface area contributed by atoms with E-state index in [1.807, 2.05) is 32.0 Å². The number of benzene rings is 1. The molecule has 1 aromatic heterocycles. The van der Waals surface area contributed by atoms with Crippen LogP contribution in [0, 0.1) is 19.8 Å². The number of aromatic nitrogens is 1. The highest BCUT2D eigenvalue weighted by molar-refractivity contribution is 9.10. The Morgan fingerprint density at radius 2 is 1.93 bits per heavy atom. The maximum Gasteiger partial charge on any atom is 0.265 e. The van der Waals surface area contributed by atoms with Gasteiger partial charge in [0.15, 0.2) is 0 Å². The quantitative estimate of drug-likeness (QED) is 0.629. The molecule has 1 aliphatic rings. The van der Waals surface area contributed by atoms with Gasteiger partial charge < -0.3 is 9.88 Å². The second kappa shape index (κ2) is 9.08. The van der Waals surface area contributed by atoms with Crippen molar-refractivity contribution < 1.29 is 4.79 Å². The Kier molecular flexibility index (Phi) is 6.76. The second-order valence-corrected chi connectivity index (χ2v) is 8.56. The fraction of sp³-hybridized carbons (Fsp3) is 0.478. The van der Waals surface area contributed by atoms with Crippen molar-refractivity contribution in [3.63, 3.8) is 0 Å². The molecule has 1 saturated carbocycles. The van der Waals surface area contributed by atoms with E-state index < -0.39 is 0 Å². The van der Waals surface area contributed by atoms with Crippen LogP contribution in [0.3, 0.4) is 0 Å². The van der Waals surface area contributed by atoms with Gasteiger partial charge in [-0.1, -0.05) is 50.1 Å². The number of nitrogens with zero attached hydrogens (tertiary/aromatic N) is 1. The van der Waals surface area contributed by atoms with E-state index in [4.69, 9.17) is 0 Å². The van der Waals surface area contributed by atoms with Crippen molar-refractivity contribution in [3.8, 4) is 0 Å². The second-order valence-electron chi connectivity index (χ2n) is 7.76. The first-order valence-electron chi connectivity index (χ1n) is 10.2. The van der Waals surface area contributed by atoms with Crippen molar-refractivity contribution in [2.24, 2.45) is 5.92 Å². The van der Waals surface area contributed by atoms with E-state index >= 15 is 0 Å². The van der Waals surface area contributed by atoms with E-state index in [1.54, 1.807) is 4.57 Å². The molecule has 3 rings (SSSR count). The van der Waals surface area contributed by atoms with Gasteiger partial charge in [0, 0.05) is 12.2 Å². The predicted octanol–water partition coefficient (Wildman–Crippen LogP) is 5.30. The Morgan fingerprint density at radius 1 is 1.25 bits per heavy atom. The summed E-state index contributed by atoms with van der Waals surface area (Å²) in [5.41, 5.74) is 3.17. The van der Waals surface area contributed by atoms with Crippen LogP contribution in [0.1, 0.15) is 72.2 Å². The van der Waals surface area contributed by atoms with Crippen LogP contribution in [-0.4, -0.2) is 10.5 Å². The zero-order valence-corrected chi connectivity index (χ0v) is 18.5. The Balaban J connectivity index is 1.96. The summed E-state index contributed by atoms with van der Waals surface area (Å²) in [6.45, 7) is 6.45. The first-order valence-corrected chi connectivity index (χ1v) is 11.0. The average Bonchev–Trinajstić information content (AvgIpc) is 2.65. The number of amides is 1. The third kappa shape index (κ3) is 4.09. The molecule has 1 heterocycles. The number of nitrogens with one attached hydrogen (secondary N) is 1. The number of pyridine rings is 1. The van der Waals surface area contributed by atoms with E-state index in [1.165, 1.54) is 6.42 Å². The minimum Gasteiger partial charge on any atom is -0.345 e. The standard InChI is InChI=1S/C23H29BrN2O2/c1-4-5-14-26-16(3)19(15(2)20(24)23(26)28)22(27)25-21(18-12-9-13-18)17-10-7-6-8-11-17/h6-8,10-11,18,21H,4-5,9,12-14H2,1-3H3,(H,25,27)/t21-/m1/s1. The summed E-state index contributed by atoms with van der Waals surface area (Å²) in [6, 6.07) is 10.2. The molecule has 4 nitrogen and oxygen atoms in total. The zero-order valence-electron chi connectivity index (χ0n) is 16.9. The monoisotopic (exact) mass is 444 g/mol. The molecule has 5 heteroatoms. The van der Waals surface area contributed by atoms with Crippen molar-refractivity contribution >= 4 is 21.8 Å². The summed E-state index contributed by atoms with van der Waals surface area (Å²) >= 11 is 3.43. The normalized spacial score (nSPS) is 15.1. The lowest BCUT2D eigenvalue weighted by atomic mass is 9.77. The first-order chi connectivity index (χ1) is 13.5. The van der Waals surface area contributed by atoms with Crippen LogP contribution in [0.25, 0.3) is 0 Å². The summed E-state index contributed by atoms with van der Waals surface area (Å²) < 4.78 is 2.22. The third-order valence-corrected chi connectivity index (χ3v) is 6.87. The molecule has 1 N–H and O–H groups in total. The number of hydrogen-bond donors (Lipinski definition) is 1. The first kappa shape index (κ1) is 20.8. The SMILES string of the molecule is CCCCn1c(C)c(C(=O)N[C@H](c2ccccc2)C2CCC2)c(C)c(Br)c1=O. The van der Waals surface area contributed by atoms with Crippen LogP contribution in [0.2, 0.25) is 0 Å². The number of hydrogen-bond acceptors (Lipinski definition) is 2. The molecule has 0 radical (unpaired) electrons. The van der Waals surface area contributed by atoms with Crippen LogP contribution in [0.5, 0.6) is 0 Å². The van der Waals surface area contributed by atoms with E-state index in [0.29, 0.717) is 28.1 Å². The van der Waals surface area contributed by atoms with Crippen molar-refractivity contribution in [1.82, 2.24) is 9.88 Å². The summed E-state index contributed by atoms with van der Waals surface area (Å²) in [5, 5.41) is 3.29. The van der Waals surface area contributed by atoms with Gasteiger partial charge in [0.2, 0.25) is 0 Å². The van der Waals surface area contributed by atoms with Crippen molar-refractivity contribution in [2.45, 2.75) is 65.5 Å². The van der Waals surface area contributed by atoms with Gasteiger partial charge in [-0.15, -0.1) is 0 Å². The van der Waals surface area contributed by atoms with Crippen LogP contribution < -0.4 is 10.9 Å². The molecule has 1 amide bonds. The van der Waals surface area contributed by atoms with Gasteiger partial charge in [-0.05, 0) is 66.1 Å². The molecule has 0 spiro atoms. The number of rotatable bonds is 7. The fourth-order valence-corrected chi connectivity index (χ4v) is 4.40. The van der Waals surface area contributed by atoms with Crippen molar-refractivity contribution in [3.05, 3.63) is 67.5 Å². The number of carbonyl (C=O) groups is 1. The van der Waals surface area contributed by atoms with Gasteiger partial charge in [0.25, 0.3) is 11.5 Å². The molecule has 0 saturated heterocycles. The summed E-state index contributed by atoms with van der Waals surface area (Å²) in [6.07, 6.45) is 5.40. The molecule has 1 aliphatic carbocycles. The molecule has 2 aromatic rings. The molecular formula is C23H29BrN2O2. The lowest BCUT2D eigenvalue weighted by Crippen LogP contribution is -2.38. The Morgan fingerprint density at radius 3 is 2.50 bits per heavy atom. The minimum absolute atomic E-state index is 0.0102. The number of halogens is 1. The molecule has 1 aromatic carbocycles. The zero-order chi connectivity index (χ0) is 20.3. The minimum atomic E-state index is -0.0956. The predicted molar refractivity (Wildman–Crippen MR) is 117 cm³/mol. The Labute approximate surface area is 175 Å². The van der Waals surface area contributed by atoms with Gasteiger partial charge >= 0.3 is 0 Å². The molecule has 0 unspecified atom stereocenters. The maximum absolute atomic E-state index is 13.4. The molecule has 0 bridgehead atoms. The summed E-state index contributed by atoms with van der Waals surface area (Å²) in [4.78, 5) is 26.0. The number of unbranched alkanes of at least 4 members (excludes halogenated alkanes) is 1. The van der Waals surface area contributed by atoms with Gasteiger partial charge in [0.05, 0.1) is 16.1 Å². The molecule has 0 aliphatic heterocycles. The lowest BCUT2D eigenvalue weighted by Gasteiger charge is -2.35. The molecule has 150 valence electrons. The van der Waals surface area contributed by atoms with Crippen LogP contribution in [-0.2, 0) is 6.54 Å². The Bertz CT molecular complexity index is 901. The van der Waals surface area contributed by atoms with Gasteiger partial charge in [-0.25, -0.2) is 0 Å².